The fourth-order valence-corrected chi connectivity index (χ4v) is 1.40. The maximum Gasteiger partial charge on any atom is 0.269 e. The van der Waals surface area contributed by atoms with Crippen LogP contribution in [0.3, 0.4) is 0 Å². The van der Waals surface area contributed by atoms with E-state index in [0.29, 0.717) is 12.5 Å². The second-order valence-corrected chi connectivity index (χ2v) is 3.61. The number of nitrogens with one attached hydrogen (secondary N) is 1. The lowest BCUT2D eigenvalue weighted by Crippen LogP contribution is -2.13. The van der Waals surface area contributed by atoms with Crippen molar-refractivity contribution in [2.45, 2.75) is 6.92 Å². The van der Waals surface area contributed by atoms with Gasteiger partial charge in [0, 0.05) is 12.7 Å². The van der Waals surface area contributed by atoms with Gasteiger partial charge in [0.15, 0.2) is 0 Å². The van der Waals surface area contributed by atoms with Gasteiger partial charge in [0.2, 0.25) is 11.2 Å². The van der Waals surface area contributed by atoms with E-state index in [0.717, 1.165) is 0 Å². The van der Waals surface area contributed by atoms with Gasteiger partial charge in [-0.3, -0.25) is 4.79 Å². The highest BCUT2D eigenvalue weighted by Crippen LogP contribution is 2.09. The van der Waals surface area contributed by atoms with Crippen molar-refractivity contribution in [3.63, 3.8) is 0 Å². The van der Waals surface area contributed by atoms with Gasteiger partial charge in [0.25, 0.3) is 11.9 Å². The number of amides is 1. The fourth-order valence-electron chi connectivity index (χ4n) is 1.25. The molecule has 2 aromatic heterocycles. The molecule has 3 N–H and O–H groups in total. The number of aromatic nitrogens is 5. The third-order valence-electron chi connectivity index (χ3n) is 1.98. The SMILES string of the molecule is CCNc1nc(Cl)nc(-n2ccc(C(N)=O)n2)n1. The number of rotatable bonds is 4. The third kappa shape index (κ3) is 2.54. The van der Waals surface area contributed by atoms with E-state index in [9.17, 15) is 4.79 Å². The molecule has 1 amide bonds. The second-order valence-electron chi connectivity index (χ2n) is 3.27. The van der Waals surface area contributed by atoms with Crippen LogP contribution < -0.4 is 11.1 Å². The van der Waals surface area contributed by atoms with Crippen molar-refractivity contribution in [3.05, 3.63) is 23.2 Å². The van der Waals surface area contributed by atoms with Crippen molar-refractivity contribution in [2.24, 2.45) is 5.73 Å². The Kier molecular flexibility index (Phi) is 3.38. The highest BCUT2D eigenvalue weighted by Gasteiger charge is 2.10. The Hall–Kier alpha value is -2.22. The van der Waals surface area contributed by atoms with Crippen LogP contribution >= 0.6 is 11.6 Å². The number of hydrogen-bond acceptors (Lipinski definition) is 6. The molecule has 9 heteroatoms. The van der Waals surface area contributed by atoms with Crippen molar-refractivity contribution < 1.29 is 4.79 Å². The number of carbonyl (C=O) groups is 1. The summed E-state index contributed by atoms with van der Waals surface area (Å²) in [7, 11) is 0. The predicted octanol–water partition coefficient (Wildman–Crippen LogP) is 0.241. The average molecular weight is 268 g/mol. The summed E-state index contributed by atoms with van der Waals surface area (Å²) in [5.74, 6) is -0.0807. The standard InChI is InChI=1S/C9H10ClN7O/c1-2-12-8-13-7(10)14-9(15-8)17-4-3-5(16-17)6(11)18/h3-4H,2H2,1H3,(H2,11,18)(H,12,13,14,15). The normalized spacial score (nSPS) is 10.3. The minimum Gasteiger partial charge on any atom is -0.364 e. The first-order valence-corrected chi connectivity index (χ1v) is 5.49. The van der Waals surface area contributed by atoms with E-state index in [1.807, 2.05) is 6.92 Å². The molecule has 2 rings (SSSR count). The first-order chi connectivity index (χ1) is 8.60. The molecule has 0 bridgehead atoms. The predicted molar refractivity (Wildman–Crippen MR) is 64.6 cm³/mol. The van der Waals surface area contributed by atoms with Crippen LogP contribution in [0, 0.1) is 0 Å². The van der Waals surface area contributed by atoms with Gasteiger partial charge in [0.1, 0.15) is 5.69 Å². The lowest BCUT2D eigenvalue weighted by molar-refractivity contribution is 0.0995. The molecular weight excluding hydrogens is 258 g/mol. The molecule has 0 aliphatic rings. The van der Waals surface area contributed by atoms with Crippen molar-refractivity contribution in [1.82, 2.24) is 24.7 Å². The molecule has 8 nitrogen and oxygen atoms in total. The van der Waals surface area contributed by atoms with Crippen LogP contribution in [0.1, 0.15) is 17.4 Å². The van der Waals surface area contributed by atoms with Crippen molar-refractivity contribution in [1.29, 1.82) is 0 Å². The summed E-state index contributed by atoms with van der Waals surface area (Å²) in [4.78, 5) is 22.8. The molecule has 18 heavy (non-hydrogen) atoms. The molecule has 2 aromatic rings. The Morgan fingerprint density at radius 2 is 2.28 bits per heavy atom. The van der Waals surface area contributed by atoms with Gasteiger partial charge in [-0.15, -0.1) is 0 Å². The second kappa shape index (κ2) is 4.96. The first-order valence-electron chi connectivity index (χ1n) is 5.11. The molecule has 0 spiro atoms. The van der Waals surface area contributed by atoms with E-state index in [1.165, 1.54) is 16.9 Å². The minimum atomic E-state index is -0.624. The van der Waals surface area contributed by atoms with Crippen LogP contribution in [-0.2, 0) is 0 Å². The molecule has 0 saturated heterocycles. The third-order valence-corrected chi connectivity index (χ3v) is 2.15. The maximum atomic E-state index is 10.9. The summed E-state index contributed by atoms with van der Waals surface area (Å²) in [5, 5.41) is 6.87. The summed E-state index contributed by atoms with van der Waals surface area (Å²) in [6.45, 7) is 2.54. The molecule has 0 aliphatic carbocycles. The Labute approximate surface area is 107 Å². The van der Waals surface area contributed by atoms with Gasteiger partial charge in [-0.05, 0) is 24.6 Å². The highest BCUT2D eigenvalue weighted by atomic mass is 35.5. The van der Waals surface area contributed by atoms with E-state index < -0.39 is 5.91 Å². The van der Waals surface area contributed by atoms with E-state index in [1.54, 1.807) is 0 Å². The van der Waals surface area contributed by atoms with E-state index >= 15 is 0 Å². The molecule has 0 aliphatic heterocycles. The number of primary amides is 1. The molecule has 94 valence electrons. The lowest BCUT2D eigenvalue weighted by Gasteiger charge is -2.04. The van der Waals surface area contributed by atoms with E-state index in [2.05, 4.69) is 25.4 Å². The molecule has 0 radical (unpaired) electrons. The lowest BCUT2D eigenvalue weighted by atomic mass is 10.4. The monoisotopic (exact) mass is 267 g/mol. The summed E-state index contributed by atoms with van der Waals surface area (Å²) < 4.78 is 1.30. The molecule has 0 unspecified atom stereocenters. The topological polar surface area (TPSA) is 112 Å². The number of halogens is 1. The molecule has 0 atom stereocenters. The van der Waals surface area contributed by atoms with Crippen LogP contribution in [-0.4, -0.2) is 37.2 Å². The minimum absolute atomic E-state index is 0.0343. The number of hydrogen-bond donors (Lipinski definition) is 2. The zero-order valence-corrected chi connectivity index (χ0v) is 10.2. The largest absolute Gasteiger partial charge is 0.364 e. The number of nitrogens with two attached hydrogens (primary N) is 1. The molecular formula is C9H10ClN7O. The van der Waals surface area contributed by atoms with E-state index in [-0.39, 0.29) is 16.9 Å². The Bertz CT molecular complexity index is 582. The van der Waals surface area contributed by atoms with Crippen LogP contribution in [0.4, 0.5) is 5.95 Å². The van der Waals surface area contributed by atoms with Gasteiger partial charge in [-0.1, -0.05) is 0 Å². The zero-order valence-electron chi connectivity index (χ0n) is 9.46. The molecule has 2 heterocycles. The highest BCUT2D eigenvalue weighted by molar-refractivity contribution is 6.28. The van der Waals surface area contributed by atoms with Gasteiger partial charge in [0.05, 0.1) is 0 Å². The van der Waals surface area contributed by atoms with Crippen LogP contribution in [0.5, 0.6) is 0 Å². The van der Waals surface area contributed by atoms with Crippen LogP contribution in [0.25, 0.3) is 5.95 Å². The number of nitrogens with zero attached hydrogens (tertiary/aromatic N) is 5. The molecule has 0 fully saturated rings. The Balaban J connectivity index is 2.39. The Morgan fingerprint density at radius 3 is 2.89 bits per heavy atom. The molecule has 0 saturated carbocycles. The van der Waals surface area contributed by atoms with Gasteiger partial charge in [-0.2, -0.15) is 20.1 Å². The van der Waals surface area contributed by atoms with Gasteiger partial charge in [-0.25, -0.2) is 4.68 Å². The smallest absolute Gasteiger partial charge is 0.269 e. The summed E-state index contributed by atoms with van der Waals surface area (Å²) in [5.41, 5.74) is 5.23. The summed E-state index contributed by atoms with van der Waals surface area (Å²) in [6, 6.07) is 1.47. The van der Waals surface area contributed by atoms with Gasteiger partial charge < -0.3 is 11.1 Å². The summed E-state index contributed by atoms with van der Waals surface area (Å²) >= 11 is 5.77. The Morgan fingerprint density at radius 1 is 1.50 bits per heavy atom. The average Bonchev–Trinajstić information content (AvgIpc) is 2.78. The van der Waals surface area contributed by atoms with Crippen molar-refractivity contribution in [2.75, 3.05) is 11.9 Å². The summed E-state index contributed by atoms with van der Waals surface area (Å²) in [6.07, 6.45) is 1.52. The number of carbonyl (C=O) groups excluding carboxylic acids is 1. The van der Waals surface area contributed by atoms with Crippen molar-refractivity contribution >= 4 is 23.5 Å². The quantitative estimate of drug-likeness (QED) is 0.821. The molecule has 0 aromatic carbocycles. The maximum absolute atomic E-state index is 10.9. The number of anilines is 1. The van der Waals surface area contributed by atoms with E-state index in [4.69, 9.17) is 17.3 Å². The zero-order chi connectivity index (χ0) is 13.1. The van der Waals surface area contributed by atoms with Crippen LogP contribution in [0.15, 0.2) is 12.3 Å². The van der Waals surface area contributed by atoms with Crippen molar-refractivity contribution in [3.8, 4) is 5.95 Å². The van der Waals surface area contributed by atoms with Crippen LogP contribution in [0.2, 0.25) is 5.28 Å². The first kappa shape index (κ1) is 12.2. The van der Waals surface area contributed by atoms with Gasteiger partial charge >= 0.3 is 0 Å². The fraction of sp³-hybridized carbons (Fsp3) is 0.222.